The van der Waals surface area contributed by atoms with E-state index in [1.54, 1.807) is 0 Å². The fourth-order valence-corrected chi connectivity index (χ4v) is 3.03. The van der Waals surface area contributed by atoms with Gasteiger partial charge in [-0.15, -0.1) is 0 Å². The molecular weight excluding hydrogens is 182 g/mol. The van der Waals surface area contributed by atoms with Crippen LogP contribution in [-0.2, 0) is 0 Å². The van der Waals surface area contributed by atoms with E-state index in [1.807, 2.05) is 0 Å². The van der Waals surface area contributed by atoms with E-state index in [1.165, 1.54) is 64.3 Å². The van der Waals surface area contributed by atoms with Gasteiger partial charge in [0.1, 0.15) is 0 Å². The molecule has 1 fully saturated rings. The summed E-state index contributed by atoms with van der Waals surface area (Å²) in [6.07, 6.45) is 13.2. The molecule has 0 bridgehead atoms. The van der Waals surface area contributed by atoms with Crippen molar-refractivity contribution in [3.8, 4) is 0 Å². The molecule has 0 spiro atoms. The third kappa shape index (κ3) is 5.01. The molecule has 15 heavy (non-hydrogen) atoms. The van der Waals surface area contributed by atoms with Gasteiger partial charge in [0.15, 0.2) is 0 Å². The first-order valence-corrected chi connectivity index (χ1v) is 7.03. The number of rotatable bonds is 8. The molecule has 90 valence electrons. The van der Waals surface area contributed by atoms with Crippen LogP contribution < -0.4 is 5.32 Å². The Morgan fingerprint density at radius 2 is 1.73 bits per heavy atom. The molecule has 0 saturated heterocycles. The van der Waals surface area contributed by atoms with Crippen molar-refractivity contribution in [2.24, 2.45) is 11.8 Å². The van der Waals surface area contributed by atoms with Crippen molar-refractivity contribution in [1.29, 1.82) is 0 Å². The monoisotopic (exact) mass is 211 g/mol. The lowest BCUT2D eigenvalue weighted by molar-refractivity contribution is 0.343. The minimum absolute atomic E-state index is 0.987. The van der Waals surface area contributed by atoms with Gasteiger partial charge < -0.3 is 5.32 Å². The van der Waals surface area contributed by atoms with Crippen LogP contribution in [0.2, 0.25) is 0 Å². The fourth-order valence-electron chi connectivity index (χ4n) is 3.03. The smallest absolute Gasteiger partial charge is 0.00209 e. The summed E-state index contributed by atoms with van der Waals surface area (Å²) in [5.74, 6) is 2.03. The Kier molecular flexibility index (Phi) is 7.08. The first kappa shape index (κ1) is 13.0. The topological polar surface area (TPSA) is 12.0 Å². The van der Waals surface area contributed by atoms with Crippen molar-refractivity contribution >= 4 is 0 Å². The zero-order valence-corrected chi connectivity index (χ0v) is 10.7. The Bertz CT molecular complexity index is 144. The van der Waals surface area contributed by atoms with Gasteiger partial charge in [0.05, 0.1) is 0 Å². The zero-order valence-electron chi connectivity index (χ0n) is 10.7. The number of unbranched alkanes of at least 4 members (excludes halogenated alkanes) is 4. The third-order valence-electron chi connectivity index (χ3n) is 3.96. The lowest BCUT2D eigenvalue weighted by atomic mass is 9.90. The largest absolute Gasteiger partial charge is 0.319 e. The van der Waals surface area contributed by atoms with Crippen LogP contribution >= 0.6 is 0 Å². The molecule has 1 saturated carbocycles. The second-order valence-corrected chi connectivity index (χ2v) is 5.21. The van der Waals surface area contributed by atoms with Gasteiger partial charge in [-0.05, 0) is 31.8 Å². The summed E-state index contributed by atoms with van der Waals surface area (Å²) in [5, 5.41) is 3.35. The Hall–Kier alpha value is -0.0400. The summed E-state index contributed by atoms with van der Waals surface area (Å²) >= 11 is 0. The highest BCUT2D eigenvalue weighted by atomic mass is 14.8. The predicted molar refractivity (Wildman–Crippen MR) is 68.1 cm³/mol. The molecular formula is C14H29N. The van der Waals surface area contributed by atoms with E-state index in [0.29, 0.717) is 0 Å². The third-order valence-corrected chi connectivity index (χ3v) is 3.96. The maximum absolute atomic E-state index is 3.35. The Morgan fingerprint density at radius 3 is 2.47 bits per heavy atom. The van der Waals surface area contributed by atoms with E-state index >= 15 is 0 Å². The summed E-state index contributed by atoms with van der Waals surface area (Å²) in [6.45, 7) is 3.54. The average Bonchev–Trinajstić information content (AvgIpc) is 2.66. The van der Waals surface area contributed by atoms with Gasteiger partial charge in [0.2, 0.25) is 0 Å². The van der Waals surface area contributed by atoms with Crippen molar-refractivity contribution in [3.05, 3.63) is 0 Å². The number of nitrogens with one attached hydrogen (secondary N) is 1. The van der Waals surface area contributed by atoms with Crippen LogP contribution in [0.15, 0.2) is 0 Å². The van der Waals surface area contributed by atoms with E-state index in [2.05, 4.69) is 19.3 Å². The first-order valence-electron chi connectivity index (χ1n) is 7.03. The van der Waals surface area contributed by atoms with Gasteiger partial charge in [-0.1, -0.05) is 58.3 Å². The quantitative estimate of drug-likeness (QED) is 0.599. The van der Waals surface area contributed by atoms with Crippen LogP contribution in [0.25, 0.3) is 0 Å². The molecule has 0 aromatic rings. The lowest BCUT2D eigenvalue weighted by Crippen LogP contribution is -2.21. The normalized spacial score (nSPS) is 26.0. The molecule has 0 aliphatic heterocycles. The summed E-state index contributed by atoms with van der Waals surface area (Å²) in [6, 6.07) is 0. The number of hydrogen-bond donors (Lipinski definition) is 1. The summed E-state index contributed by atoms with van der Waals surface area (Å²) in [7, 11) is 2.09. The minimum atomic E-state index is 0.987. The maximum Gasteiger partial charge on any atom is -0.00209 e. The van der Waals surface area contributed by atoms with Crippen LogP contribution in [0, 0.1) is 11.8 Å². The van der Waals surface area contributed by atoms with Crippen LogP contribution in [0.3, 0.4) is 0 Å². The summed E-state index contributed by atoms with van der Waals surface area (Å²) in [5.41, 5.74) is 0. The molecule has 0 radical (unpaired) electrons. The van der Waals surface area contributed by atoms with Crippen LogP contribution in [-0.4, -0.2) is 13.6 Å². The van der Waals surface area contributed by atoms with E-state index in [-0.39, 0.29) is 0 Å². The minimum Gasteiger partial charge on any atom is -0.319 e. The summed E-state index contributed by atoms with van der Waals surface area (Å²) < 4.78 is 0. The lowest BCUT2D eigenvalue weighted by Gasteiger charge is -2.18. The molecule has 1 N–H and O–H groups in total. The summed E-state index contributed by atoms with van der Waals surface area (Å²) in [4.78, 5) is 0. The first-order chi connectivity index (χ1) is 7.38. The van der Waals surface area contributed by atoms with Gasteiger partial charge in [0.25, 0.3) is 0 Å². The molecule has 1 heteroatoms. The standard InChI is InChI=1S/C14H29N/c1-3-4-5-6-7-9-13-10-8-11-14(13)12-15-2/h13-15H,3-12H2,1-2H3. The Labute approximate surface area is 96.0 Å². The molecule has 1 rings (SSSR count). The molecule has 0 amide bonds. The second-order valence-electron chi connectivity index (χ2n) is 5.21. The molecule has 1 aliphatic rings. The van der Waals surface area contributed by atoms with E-state index < -0.39 is 0 Å². The van der Waals surface area contributed by atoms with E-state index in [9.17, 15) is 0 Å². The van der Waals surface area contributed by atoms with Gasteiger partial charge in [-0.2, -0.15) is 0 Å². The van der Waals surface area contributed by atoms with Gasteiger partial charge in [-0.3, -0.25) is 0 Å². The van der Waals surface area contributed by atoms with Crippen LogP contribution in [0.5, 0.6) is 0 Å². The molecule has 0 heterocycles. The van der Waals surface area contributed by atoms with Gasteiger partial charge in [0, 0.05) is 0 Å². The highest BCUT2D eigenvalue weighted by Crippen LogP contribution is 2.34. The van der Waals surface area contributed by atoms with Gasteiger partial charge >= 0.3 is 0 Å². The molecule has 2 unspecified atom stereocenters. The number of hydrogen-bond acceptors (Lipinski definition) is 1. The molecule has 2 atom stereocenters. The van der Waals surface area contributed by atoms with Crippen molar-refractivity contribution in [1.82, 2.24) is 5.32 Å². The Morgan fingerprint density at radius 1 is 1.00 bits per heavy atom. The van der Waals surface area contributed by atoms with Gasteiger partial charge in [-0.25, -0.2) is 0 Å². The molecule has 0 aromatic heterocycles. The highest BCUT2D eigenvalue weighted by molar-refractivity contribution is 4.78. The van der Waals surface area contributed by atoms with Crippen LogP contribution in [0.1, 0.15) is 64.7 Å². The van der Waals surface area contributed by atoms with Crippen molar-refractivity contribution in [2.45, 2.75) is 64.7 Å². The maximum atomic E-state index is 3.35. The van der Waals surface area contributed by atoms with E-state index in [0.717, 1.165) is 11.8 Å². The van der Waals surface area contributed by atoms with Crippen LogP contribution in [0.4, 0.5) is 0 Å². The zero-order chi connectivity index (χ0) is 10.9. The predicted octanol–water partition coefficient (Wildman–Crippen LogP) is 3.98. The SMILES string of the molecule is CCCCCCCC1CCCC1CNC. The van der Waals surface area contributed by atoms with Crippen molar-refractivity contribution in [2.75, 3.05) is 13.6 Å². The molecule has 1 nitrogen and oxygen atoms in total. The highest BCUT2D eigenvalue weighted by Gasteiger charge is 2.25. The van der Waals surface area contributed by atoms with Crippen molar-refractivity contribution in [3.63, 3.8) is 0 Å². The Balaban J connectivity index is 2.03. The van der Waals surface area contributed by atoms with Crippen molar-refractivity contribution < 1.29 is 0 Å². The molecule has 1 aliphatic carbocycles. The fraction of sp³-hybridized carbons (Fsp3) is 1.00. The van der Waals surface area contributed by atoms with E-state index in [4.69, 9.17) is 0 Å². The average molecular weight is 211 g/mol. The molecule has 0 aromatic carbocycles. The second kappa shape index (κ2) is 8.15.